The first kappa shape index (κ1) is 24.4. The topological polar surface area (TPSA) is 84.7 Å². The van der Waals surface area contributed by atoms with Gasteiger partial charge in [0.05, 0.1) is 6.61 Å². The van der Waals surface area contributed by atoms with Crippen molar-refractivity contribution in [3.8, 4) is 0 Å². The molecule has 0 aliphatic heterocycles. The van der Waals surface area contributed by atoms with Gasteiger partial charge >= 0.3 is 6.09 Å². The number of ether oxygens (including phenoxy) is 1. The molecule has 0 atom stereocenters. The molecule has 1 aromatic carbocycles. The van der Waals surface area contributed by atoms with Crippen molar-refractivity contribution in [3.05, 3.63) is 29.8 Å². The second kappa shape index (κ2) is 15.3. The van der Waals surface area contributed by atoms with Crippen LogP contribution in [0.25, 0.3) is 0 Å². The number of anilines is 1. The Hall–Kier alpha value is -1.66. The highest BCUT2D eigenvalue weighted by molar-refractivity contribution is 6.18. The second-order valence-corrected chi connectivity index (χ2v) is 7.22. The molecule has 0 saturated heterocycles. The first-order valence-corrected chi connectivity index (χ1v) is 10.8. The SMILES string of the molecule is NC(=O)OCCCCCNC(=O)CCCc1ccc(N(CCCl)CCCl)cc1. The summed E-state index contributed by atoms with van der Waals surface area (Å²) >= 11 is 11.7. The third-order valence-electron chi connectivity index (χ3n) is 4.27. The van der Waals surface area contributed by atoms with Gasteiger partial charge in [0.15, 0.2) is 0 Å². The standard InChI is InChI=1S/C20H31Cl2N3O3/c21-11-14-25(15-12-22)18-9-7-17(8-10-18)5-4-6-19(26)24-13-2-1-3-16-28-20(23)27/h7-10H,1-6,11-16H2,(H2,23,27)(H,24,26). The zero-order chi connectivity index (χ0) is 20.6. The fourth-order valence-electron chi connectivity index (χ4n) is 2.79. The maximum atomic E-state index is 11.9. The number of unbranched alkanes of at least 4 members (excludes halogenated alkanes) is 2. The number of amides is 2. The van der Waals surface area contributed by atoms with Crippen molar-refractivity contribution in [2.45, 2.75) is 38.5 Å². The molecule has 158 valence electrons. The minimum atomic E-state index is -0.745. The third kappa shape index (κ3) is 11.2. The van der Waals surface area contributed by atoms with Crippen LogP contribution in [0.2, 0.25) is 0 Å². The van der Waals surface area contributed by atoms with Gasteiger partial charge in [-0.3, -0.25) is 4.79 Å². The lowest BCUT2D eigenvalue weighted by molar-refractivity contribution is -0.121. The summed E-state index contributed by atoms with van der Waals surface area (Å²) in [5.41, 5.74) is 7.20. The summed E-state index contributed by atoms with van der Waals surface area (Å²) in [6, 6.07) is 8.35. The summed E-state index contributed by atoms with van der Waals surface area (Å²) in [4.78, 5) is 24.4. The number of carbonyl (C=O) groups is 2. The van der Waals surface area contributed by atoms with Gasteiger partial charge in [0, 0.05) is 43.5 Å². The van der Waals surface area contributed by atoms with Crippen LogP contribution < -0.4 is 16.0 Å². The molecule has 0 aromatic heterocycles. The normalized spacial score (nSPS) is 10.5. The summed E-state index contributed by atoms with van der Waals surface area (Å²) in [6.07, 6.45) is 3.93. The maximum Gasteiger partial charge on any atom is 0.404 e. The number of hydrogen-bond acceptors (Lipinski definition) is 4. The van der Waals surface area contributed by atoms with Crippen molar-refractivity contribution in [2.24, 2.45) is 5.73 Å². The molecule has 0 aliphatic carbocycles. The van der Waals surface area contributed by atoms with Gasteiger partial charge < -0.3 is 20.7 Å². The molecule has 0 radical (unpaired) electrons. The highest BCUT2D eigenvalue weighted by Gasteiger charge is 2.06. The number of alkyl halides is 2. The van der Waals surface area contributed by atoms with E-state index in [1.54, 1.807) is 0 Å². The smallest absolute Gasteiger partial charge is 0.404 e. The molecule has 1 aromatic rings. The number of nitrogens with two attached hydrogens (primary N) is 1. The van der Waals surface area contributed by atoms with Gasteiger partial charge in [-0.2, -0.15) is 0 Å². The average Bonchev–Trinajstić information content (AvgIpc) is 2.67. The zero-order valence-electron chi connectivity index (χ0n) is 16.3. The quantitative estimate of drug-likeness (QED) is 0.327. The van der Waals surface area contributed by atoms with E-state index in [0.29, 0.717) is 31.3 Å². The number of nitrogens with zero attached hydrogens (tertiary/aromatic N) is 1. The predicted molar refractivity (Wildman–Crippen MR) is 115 cm³/mol. The lowest BCUT2D eigenvalue weighted by atomic mass is 10.1. The zero-order valence-corrected chi connectivity index (χ0v) is 17.8. The minimum Gasteiger partial charge on any atom is -0.450 e. The van der Waals surface area contributed by atoms with E-state index in [-0.39, 0.29) is 5.91 Å². The number of halogens is 2. The van der Waals surface area contributed by atoms with Crippen molar-refractivity contribution >= 4 is 40.9 Å². The summed E-state index contributed by atoms with van der Waals surface area (Å²) in [7, 11) is 0. The monoisotopic (exact) mass is 431 g/mol. The number of carbonyl (C=O) groups excluding carboxylic acids is 2. The summed E-state index contributed by atoms with van der Waals surface area (Å²) in [5, 5.41) is 2.92. The van der Waals surface area contributed by atoms with Gasteiger partial charge in [-0.25, -0.2) is 4.79 Å². The van der Waals surface area contributed by atoms with Crippen LogP contribution >= 0.6 is 23.2 Å². The van der Waals surface area contributed by atoms with Crippen molar-refractivity contribution in [1.29, 1.82) is 0 Å². The van der Waals surface area contributed by atoms with E-state index in [1.807, 2.05) is 0 Å². The van der Waals surface area contributed by atoms with E-state index >= 15 is 0 Å². The van der Waals surface area contributed by atoms with Gasteiger partial charge in [-0.05, 0) is 49.8 Å². The Bertz CT molecular complexity index is 564. The number of benzene rings is 1. The Balaban J connectivity index is 2.17. The molecule has 6 nitrogen and oxygen atoms in total. The molecule has 28 heavy (non-hydrogen) atoms. The molecule has 3 N–H and O–H groups in total. The Morgan fingerprint density at radius 2 is 1.68 bits per heavy atom. The largest absolute Gasteiger partial charge is 0.450 e. The van der Waals surface area contributed by atoms with Gasteiger partial charge in [-0.15, -0.1) is 23.2 Å². The predicted octanol–water partition coefficient (Wildman–Crippen LogP) is 3.68. The lowest BCUT2D eigenvalue weighted by Crippen LogP contribution is -2.27. The molecule has 0 bridgehead atoms. The molecule has 0 fully saturated rings. The fourth-order valence-corrected chi connectivity index (χ4v) is 3.20. The van der Waals surface area contributed by atoms with Crippen molar-refractivity contribution in [3.63, 3.8) is 0 Å². The molecule has 0 saturated carbocycles. The number of hydrogen-bond donors (Lipinski definition) is 2. The molecular weight excluding hydrogens is 401 g/mol. The van der Waals surface area contributed by atoms with E-state index in [1.165, 1.54) is 5.56 Å². The van der Waals surface area contributed by atoms with Crippen LogP contribution in [0.5, 0.6) is 0 Å². The Morgan fingerprint density at radius 1 is 1.00 bits per heavy atom. The van der Waals surface area contributed by atoms with Crippen molar-refractivity contribution in [2.75, 3.05) is 42.9 Å². The molecule has 0 heterocycles. The van der Waals surface area contributed by atoms with Gasteiger partial charge in [0.1, 0.15) is 0 Å². The van der Waals surface area contributed by atoms with E-state index in [2.05, 4.69) is 39.2 Å². The highest BCUT2D eigenvalue weighted by Crippen LogP contribution is 2.17. The summed E-state index contributed by atoms with van der Waals surface area (Å²) in [6.45, 7) is 2.51. The molecule has 8 heteroatoms. The van der Waals surface area contributed by atoms with Crippen LogP contribution in [0.3, 0.4) is 0 Å². The first-order chi connectivity index (χ1) is 13.6. The van der Waals surface area contributed by atoms with Crippen LogP contribution in [0.4, 0.5) is 10.5 Å². The molecule has 0 unspecified atom stereocenters. The molecule has 0 spiro atoms. The molecule has 2 amide bonds. The Morgan fingerprint density at radius 3 is 2.29 bits per heavy atom. The summed E-state index contributed by atoms with van der Waals surface area (Å²) in [5.74, 6) is 1.20. The Labute approximate surface area is 177 Å². The van der Waals surface area contributed by atoms with E-state index in [9.17, 15) is 9.59 Å². The van der Waals surface area contributed by atoms with Crippen LogP contribution in [-0.4, -0.2) is 50.0 Å². The number of primary amides is 1. The Kier molecular flexibility index (Phi) is 13.3. The average molecular weight is 432 g/mol. The van der Waals surface area contributed by atoms with E-state index in [0.717, 1.165) is 50.9 Å². The van der Waals surface area contributed by atoms with E-state index in [4.69, 9.17) is 28.9 Å². The molecular formula is C20H31Cl2N3O3. The molecule has 1 rings (SSSR count). The van der Waals surface area contributed by atoms with Gasteiger partial charge in [-0.1, -0.05) is 12.1 Å². The van der Waals surface area contributed by atoms with Crippen LogP contribution in [0, 0.1) is 0 Å². The maximum absolute atomic E-state index is 11.9. The van der Waals surface area contributed by atoms with E-state index < -0.39 is 6.09 Å². The van der Waals surface area contributed by atoms with Gasteiger partial charge in [0.2, 0.25) is 5.91 Å². The first-order valence-electron chi connectivity index (χ1n) is 9.71. The number of rotatable bonds is 15. The second-order valence-electron chi connectivity index (χ2n) is 6.46. The fraction of sp³-hybridized carbons (Fsp3) is 0.600. The molecule has 0 aliphatic rings. The summed E-state index contributed by atoms with van der Waals surface area (Å²) < 4.78 is 4.65. The number of aryl methyl sites for hydroxylation is 1. The van der Waals surface area contributed by atoms with Crippen LogP contribution in [0.15, 0.2) is 24.3 Å². The minimum absolute atomic E-state index is 0.0698. The number of nitrogens with one attached hydrogen (secondary N) is 1. The van der Waals surface area contributed by atoms with Crippen molar-refractivity contribution in [1.82, 2.24) is 5.32 Å². The highest BCUT2D eigenvalue weighted by atomic mass is 35.5. The van der Waals surface area contributed by atoms with Crippen molar-refractivity contribution < 1.29 is 14.3 Å². The lowest BCUT2D eigenvalue weighted by Gasteiger charge is -2.23. The third-order valence-corrected chi connectivity index (χ3v) is 4.61. The van der Waals surface area contributed by atoms with Crippen LogP contribution in [0.1, 0.15) is 37.7 Å². The van der Waals surface area contributed by atoms with Gasteiger partial charge in [0.25, 0.3) is 0 Å². The van der Waals surface area contributed by atoms with Crippen LogP contribution in [-0.2, 0) is 16.0 Å².